The molecule has 2 heterocycles. The number of nitrogens with one attached hydrogen (secondary N) is 2. The number of allylic oxidation sites excluding steroid dienone is 1. The summed E-state index contributed by atoms with van der Waals surface area (Å²) in [4.78, 5) is 49.8. The van der Waals surface area contributed by atoms with Gasteiger partial charge in [0.1, 0.15) is 0 Å². The van der Waals surface area contributed by atoms with Crippen molar-refractivity contribution in [2.75, 3.05) is 0 Å². The molecule has 0 aliphatic carbocycles. The highest BCUT2D eigenvalue weighted by Gasteiger charge is 2.05. The summed E-state index contributed by atoms with van der Waals surface area (Å²) in [7, 11) is 0. The molecule has 0 aromatic carbocycles. The first-order chi connectivity index (χ1) is 13.1. The minimum atomic E-state index is -0.365. The predicted octanol–water partition coefficient (Wildman–Crippen LogP) is 2.67. The summed E-state index contributed by atoms with van der Waals surface area (Å²) in [6.07, 6.45) is 8.25. The van der Waals surface area contributed by atoms with E-state index in [1.165, 1.54) is 9.13 Å². The van der Waals surface area contributed by atoms with Crippen molar-refractivity contribution in [3.05, 3.63) is 75.4 Å². The molecule has 0 atom stereocenters. The van der Waals surface area contributed by atoms with Gasteiger partial charge in [0, 0.05) is 24.5 Å². The quantitative estimate of drug-likeness (QED) is 0.630. The predicted molar refractivity (Wildman–Crippen MR) is 121 cm³/mol. The number of rotatable bonds is 4. The molecule has 0 aliphatic heterocycles. The zero-order valence-corrected chi connectivity index (χ0v) is 18.7. The van der Waals surface area contributed by atoms with Gasteiger partial charge in [0.15, 0.2) is 0 Å². The first kappa shape index (κ1) is 23.6. The number of H-pyrrole nitrogens is 2. The Morgan fingerprint density at radius 2 is 1.21 bits per heavy atom. The maximum atomic E-state index is 11.3. The van der Waals surface area contributed by atoms with Crippen LogP contribution < -0.4 is 22.5 Å². The average Bonchev–Trinajstić information content (AvgIpc) is 2.60. The number of hydrogen-bond donors (Lipinski definition) is 2. The Balaban J connectivity index is 0.000000280. The van der Waals surface area contributed by atoms with Gasteiger partial charge in [0.05, 0.1) is 11.1 Å². The number of aromatic amines is 2. The summed E-state index contributed by atoms with van der Waals surface area (Å²) < 4.78 is 4.72. The molecule has 28 heavy (non-hydrogen) atoms. The van der Waals surface area contributed by atoms with Crippen molar-refractivity contribution in [2.45, 2.75) is 46.7 Å². The van der Waals surface area contributed by atoms with E-state index in [0.29, 0.717) is 11.1 Å². The third-order valence-corrected chi connectivity index (χ3v) is 4.05. The number of nitrogens with zero attached hydrogens (tertiary/aromatic N) is 2. The fourth-order valence-electron chi connectivity index (χ4n) is 2.25. The van der Waals surface area contributed by atoms with Gasteiger partial charge in [-0.2, -0.15) is 0 Å². The summed E-state index contributed by atoms with van der Waals surface area (Å²) in [5.74, 6) is 0. The lowest BCUT2D eigenvalue weighted by molar-refractivity contribution is 0.560. The van der Waals surface area contributed by atoms with E-state index in [9.17, 15) is 19.2 Å². The van der Waals surface area contributed by atoms with Crippen LogP contribution in [0.5, 0.6) is 0 Å². The molecule has 8 nitrogen and oxygen atoms in total. The molecule has 0 radical (unpaired) electrons. The van der Waals surface area contributed by atoms with Crippen LogP contribution in [-0.2, 0) is 0 Å². The normalized spacial score (nSPS) is 11.4. The largest absolute Gasteiger partial charge is 0.328 e. The Morgan fingerprint density at radius 3 is 1.54 bits per heavy atom. The number of aromatic nitrogens is 4. The molecule has 0 fully saturated rings. The molecule has 0 saturated carbocycles. The van der Waals surface area contributed by atoms with Crippen LogP contribution in [0.4, 0.5) is 0 Å². The topological polar surface area (TPSA) is 110 Å². The van der Waals surface area contributed by atoms with Gasteiger partial charge < -0.3 is 0 Å². The maximum Gasteiger partial charge on any atom is 0.328 e. The third-order valence-electron chi connectivity index (χ3n) is 3.69. The smallest absolute Gasteiger partial charge is 0.297 e. The molecule has 2 N–H and O–H groups in total. The number of hydrogen-bond acceptors (Lipinski definition) is 4. The second kappa shape index (κ2) is 10.8. The lowest BCUT2D eigenvalue weighted by Crippen LogP contribution is -2.31. The lowest BCUT2D eigenvalue weighted by Gasteiger charge is -2.08. The van der Waals surface area contributed by atoms with Crippen molar-refractivity contribution in [3.63, 3.8) is 0 Å². The van der Waals surface area contributed by atoms with Crippen LogP contribution in [-0.4, -0.2) is 19.1 Å². The van der Waals surface area contributed by atoms with E-state index in [1.807, 2.05) is 57.2 Å². The van der Waals surface area contributed by atoms with Crippen LogP contribution in [0.15, 0.2) is 41.7 Å². The van der Waals surface area contributed by atoms with Crippen molar-refractivity contribution in [1.82, 2.24) is 19.1 Å². The molecule has 9 heteroatoms. The van der Waals surface area contributed by atoms with Gasteiger partial charge in [0.25, 0.3) is 11.1 Å². The van der Waals surface area contributed by atoms with E-state index in [4.69, 9.17) is 0 Å². The molecule has 0 unspecified atom stereocenters. The molecule has 2 rings (SSSR count). The fourth-order valence-corrected chi connectivity index (χ4v) is 2.64. The van der Waals surface area contributed by atoms with Gasteiger partial charge in [-0.15, -0.1) is 0 Å². The van der Waals surface area contributed by atoms with Crippen molar-refractivity contribution >= 4 is 34.7 Å². The van der Waals surface area contributed by atoms with E-state index in [1.54, 1.807) is 34.7 Å². The Morgan fingerprint density at radius 1 is 0.821 bits per heavy atom. The van der Waals surface area contributed by atoms with Crippen molar-refractivity contribution in [3.8, 4) is 0 Å². The van der Waals surface area contributed by atoms with Crippen LogP contribution in [0.3, 0.4) is 0 Å². The van der Waals surface area contributed by atoms with Gasteiger partial charge in [-0.05, 0) is 44.8 Å². The van der Waals surface area contributed by atoms with E-state index in [2.05, 4.69) is 9.97 Å². The monoisotopic (exact) mass is 500 g/mol. The molecular weight excluding hydrogens is 475 g/mol. The van der Waals surface area contributed by atoms with Gasteiger partial charge >= 0.3 is 11.4 Å². The van der Waals surface area contributed by atoms with E-state index >= 15 is 0 Å². The minimum absolute atomic E-state index is 0.0423. The second-order valence-electron chi connectivity index (χ2n) is 6.48. The second-order valence-corrected chi connectivity index (χ2v) is 7.20. The van der Waals surface area contributed by atoms with E-state index < -0.39 is 0 Å². The van der Waals surface area contributed by atoms with Crippen LogP contribution in [0.2, 0.25) is 0 Å². The maximum absolute atomic E-state index is 11.3. The average molecular weight is 500 g/mol. The third kappa shape index (κ3) is 6.32. The molecule has 2 aromatic heterocycles. The van der Waals surface area contributed by atoms with Gasteiger partial charge in [-0.25, -0.2) is 9.59 Å². The van der Waals surface area contributed by atoms with Gasteiger partial charge in [-0.1, -0.05) is 34.7 Å². The SMILES string of the molecule is C/C=C/c1cn(C(C)C)c(=O)[nH]c1=O.CC(C)n1cc(/C=C/I)c(=O)[nH]c1=O. The van der Waals surface area contributed by atoms with E-state index in [0.717, 1.165) is 0 Å². The number of halogens is 1. The summed E-state index contributed by atoms with van der Waals surface area (Å²) in [5, 5.41) is 0. The van der Waals surface area contributed by atoms with Gasteiger partial charge in [0.2, 0.25) is 0 Å². The highest BCUT2D eigenvalue weighted by Crippen LogP contribution is 2.02. The summed E-state index contributed by atoms with van der Waals surface area (Å²) in [6.45, 7) is 9.37. The summed E-state index contributed by atoms with van der Waals surface area (Å²) in [6, 6.07) is 0.0871. The molecule has 0 saturated heterocycles. The Hall–Kier alpha value is -2.43. The Labute approximate surface area is 175 Å². The molecule has 0 amide bonds. The van der Waals surface area contributed by atoms with Crippen LogP contribution in [0, 0.1) is 0 Å². The Kier molecular flexibility index (Phi) is 9.10. The lowest BCUT2D eigenvalue weighted by atomic mass is 10.3. The standard InChI is InChI=1S/C10H14N2O2.C9H11IN2O2/c1-4-5-8-6-12(7(2)3)10(14)11-9(8)13;1-6(2)12-5-7(3-4-10)8(13)11-9(12)14/h4-7H,1-3H3,(H,11,13,14);3-6H,1-2H3,(H,11,13,14)/b5-4+;4-3+. The zero-order valence-electron chi connectivity index (χ0n) is 16.5. The van der Waals surface area contributed by atoms with Crippen LogP contribution in [0.1, 0.15) is 57.8 Å². The Bertz CT molecular complexity index is 997. The fraction of sp³-hybridized carbons (Fsp3) is 0.368. The van der Waals surface area contributed by atoms with Crippen LogP contribution >= 0.6 is 22.6 Å². The van der Waals surface area contributed by atoms with Crippen LogP contribution in [0.25, 0.3) is 12.2 Å². The molecular formula is C19H25IN4O4. The van der Waals surface area contributed by atoms with Crippen molar-refractivity contribution in [2.24, 2.45) is 0 Å². The minimum Gasteiger partial charge on any atom is -0.297 e. The molecule has 0 spiro atoms. The zero-order chi connectivity index (χ0) is 21.4. The van der Waals surface area contributed by atoms with Gasteiger partial charge in [-0.3, -0.25) is 28.7 Å². The highest BCUT2D eigenvalue weighted by molar-refractivity contribution is 14.1. The van der Waals surface area contributed by atoms with Crippen molar-refractivity contribution in [1.29, 1.82) is 0 Å². The first-order valence-corrected chi connectivity index (χ1v) is 9.97. The van der Waals surface area contributed by atoms with E-state index in [-0.39, 0.29) is 34.6 Å². The molecule has 0 bridgehead atoms. The van der Waals surface area contributed by atoms with Crippen molar-refractivity contribution < 1.29 is 0 Å². The highest BCUT2D eigenvalue weighted by atomic mass is 127. The molecule has 2 aromatic rings. The first-order valence-electron chi connectivity index (χ1n) is 8.72. The summed E-state index contributed by atoms with van der Waals surface area (Å²) >= 11 is 2.02. The molecule has 0 aliphatic rings. The summed E-state index contributed by atoms with van der Waals surface area (Å²) in [5.41, 5.74) is -0.424. The molecule has 152 valence electrons.